The summed E-state index contributed by atoms with van der Waals surface area (Å²) in [4.78, 5) is 3.95. The molecule has 0 saturated carbocycles. The van der Waals surface area contributed by atoms with Gasteiger partial charge < -0.3 is 11.5 Å². The monoisotopic (exact) mass is 265 g/mol. The zero-order valence-corrected chi connectivity index (χ0v) is 10.4. The predicted molar refractivity (Wildman–Crippen MR) is 66.0 cm³/mol. The van der Waals surface area contributed by atoms with Crippen molar-refractivity contribution in [3.63, 3.8) is 0 Å². The maximum atomic E-state index is 8.74. The fraction of sp³-hybridized carbons (Fsp3) is 0.667. The first-order valence-corrected chi connectivity index (χ1v) is 6.62. The Hall–Kier alpha value is -1.12. The van der Waals surface area contributed by atoms with Gasteiger partial charge in [0.05, 0.1) is 0 Å². The van der Waals surface area contributed by atoms with E-state index < -0.39 is 10.4 Å². The van der Waals surface area contributed by atoms with E-state index in [2.05, 4.69) is 11.1 Å². The average Bonchev–Trinajstić information content (AvgIpc) is 2.16. The van der Waals surface area contributed by atoms with Crippen LogP contribution in [0.25, 0.3) is 0 Å². The van der Waals surface area contributed by atoms with Gasteiger partial charge in [-0.2, -0.15) is 8.42 Å². The number of hydrogen-bond acceptors (Lipinski definition) is 3. The third kappa shape index (κ3) is 14.9. The first-order valence-electron chi connectivity index (χ1n) is 5.22. The van der Waals surface area contributed by atoms with Crippen molar-refractivity contribution in [2.75, 3.05) is 6.54 Å². The molecule has 0 unspecified atom stereocenters. The Morgan fingerprint density at radius 2 is 1.94 bits per heavy atom. The molecule has 0 bridgehead atoms. The number of rotatable bonds is 3. The van der Waals surface area contributed by atoms with Gasteiger partial charge in [-0.05, 0) is 32.1 Å². The summed E-state index contributed by atoms with van der Waals surface area (Å²) in [5.41, 5.74) is 12.0. The van der Waals surface area contributed by atoms with Gasteiger partial charge in [0.15, 0.2) is 5.96 Å². The zero-order chi connectivity index (χ0) is 13.3. The Balaban J connectivity index is 0.000000437. The predicted octanol–water partition coefficient (Wildman–Crippen LogP) is 0.497. The highest BCUT2D eigenvalue weighted by Gasteiger charge is 2.01. The van der Waals surface area contributed by atoms with Crippen LogP contribution in [0.2, 0.25) is 0 Å². The van der Waals surface area contributed by atoms with Crippen LogP contribution in [0.3, 0.4) is 0 Å². The summed E-state index contributed by atoms with van der Waals surface area (Å²) in [5, 5.41) is 0. The molecule has 17 heavy (non-hydrogen) atoms. The van der Waals surface area contributed by atoms with E-state index in [0.29, 0.717) is 0 Å². The van der Waals surface area contributed by atoms with Crippen molar-refractivity contribution >= 4 is 16.4 Å². The largest absolute Gasteiger partial charge is 0.394 e. The van der Waals surface area contributed by atoms with E-state index in [4.69, 9.17) is 29.0 Å². The molecule has 0 fully saturated rings. The van der Waals surface area contributed by atoms with Crippen LogP contribution in [0, 0.1) is 0 Å². The molecule has 0 atom stereocenters. The molecule has 0 spiro atoms. The molecular weight excluding hydrogens is 246 g/mol. The Kier molecular flexibility index (Phi) is 7.51. The Labute approximate surface area is 101 Å². The van der Waals surface area contributed by atoms with Crippen LogP contribution < -0.4 is 11.5 Å². The number of hydrogen-bond donors (Lipinski definition) is 4. The number of guanidine groups is 1. The second-order valence-corrected chi connectivity index (χ2v) is 4.51. The van der Waals surface area contributed by atoms with Gasteiger partial charge in [0.2, 0.25) is 0 Å². The normalized spacial score (nSPS) is 15.3. The van der Waals surface area contributed by atoms with E-state index in [-0.39, 0.29) is 5.96 Å². The highest BCUT2D eigenvalue weighted by atomic mass is 32.3. The van der Waals surface area contributed by atoms with Gasteiger partial charge in [0.25, 0.3) is 0 Å². The molecule has 7 nitrogen and oxygen atoms in total. The molecule has 0 heterocycles. The van der Waals surface area contributed by atoms with Crippen molar-refractivity contribution in [2.45, 2.75) is 32.1 Å². The minimum absolute atomic E-state index is 0.200. The van der Waals surface area contributed by atoms with Crippen molar-refractivity contribution in [1.82, 2.24) is 0 Å². The van der Waals surface area contributed by atoms with Gasteiger partial charge in [-0.1, -0.05) is 11.6 Å². The number of allylic oxidation sites excluding steroid dienone is 1. The summed E-state index contributed by atoms with van der Waals surface area (Å²) < 4.78 is 31.6. The van der Waals surface area contributed by atoms with Gasteiger partial charge in [-0.3, -0.25) is 14.1 Å². The summed E-state index contributed by atoms with van der Waals surface area (Å²) in [5.74, 6) is 0.200. The highest BCUT2D eigenvalue weighted by Crippen LogP contribution is 2.19. The smallest absolute Gasteiger partial charge is 0.370 e. The first kappa shape index (κ1) is 15.9. The van der Waals surface area contributed by atoms with Crippen LogP contribution in [0.4, 0.5) is 0 Å². The fourth-order valence-electron chi connectivity index (χ4n) is 1.46. The maximum Gasteiger partial charge on any atom is 0.394 e. The van der Waals surface area contributed by atoms with Crippen LogP contribution in [-0.4, -0.2) is 30.0 Å². The van der Waals surface area contributed by atoms with Gasteiger partial charge in [0, 0.05) is 6.54 Å². The number of aliphatic imine (C=N–C) groups is 1. The SMILES string of the molecule is NC(N)=NCCC1=CCCCC1.O=S(=O)(O)O. The van der Waals surface area contributed by atoms with Crippen LogP contribution >= 0.6 is 0 Å². The van der Waals surface area contributed by atoms with E-state index in [1.165, 1.54) is 31.3 Å². The Bertz CT molecular complexity index is 364. The third-order valence-corrected chi connectivity index (χ3v) is 2.11. The van der Waals surface area contributed by atoms with E-state index in [1.54, 1.807) is 0 Å². The zero-order valence-electron chi connectivity index (χ0n) is 9.54. The first-order chi connectivity index (χ1) is 7.79. The van der Waals surface area contributed by atoms with Gasteiger partial charge in [-0.15, -0.1) is 0 Å². The van der Waals surface area contributed by atoms with Gasteiger partial charge in [0.1, 0.15) is 0 Å². The Morgan fingerprint density at radius 3 is 2.35 bits per heavy atom. The van der Waals surface area contributed by atoms with Crippen LogP contribution in [0.15, 0.2) is 16.6 Å². The lowest BCUT2D eigenvalue weighted by Crippen LogP contribution is -2.23. The average molecular weight is 265 g/mol. The van der Waals surface area contributed by atoms with E-state index in [0.717, 1.165) is 13.0 Å². The topological polar surface area (TPSA) is 139 Å². The molecule has 1 aliphatic carbocycles. The molecule has 0 aromatic rings. The molecule has 0 aromatic heterocycles. The van der Waals surface area contributed by atoms with Crippen LogP contribution in [0.5, 0.6) is 0 Å². The standard InChI is InChI=1S/C9H17N3.H2O4S/c10-9(11)12-7-6-8-4-2-1-3-5-8;1-5(2,3)4/h4H,1-3,5-7H2,(H4,10,11,12);(H2,1,2,3,4). The molecule has 0 aliphatic heterocycles. The molecule has 1 rings (SSSR count). The van der Waals surface area contributed by atoms with Crippen molar-refractivity contribution in [1.29, 1.82) is 0 Å². The van der Waals surface area contributed by atoms with Crippen LogP contribution in [0.1, 0.15) is 32.1 Å². The van der Waals surface area contributed by atoms with Gasteiger partial charge >= 0.3 is 10.4 Å². The third-order valence-electron chi connectivity index (χ3n) is 2.11. The van der Waals surface area contributed by atoms with E-state index in [1.807, 2.05) is 0 Å². The molecular formula is C9H19N3O4S. The molecule has 0 radical (unpaired) electrons. The Morgan fingerprint density at radius 1 is 1.35 bits per heavy atom. The van der Waals surface area contributed by atoms with Crippen LogP contribution in [-0.2, 0) is 10.4 Å². The van der Waals surface area contributed by atoms with Crippen molar-refractivity contribution in [2.24, 2.45) is 16.5 Å². The molecule has 8 heteroatoms. The lowest BCUT2D eigenvalue weighted by Gasteiger charge is -2.10. The summed E-state index contributed by atoms with van der Waals surface area (Å²) >= 11 is 0. The fourth-order valence-corrected chi connectivity index (χ4v) is 1.46. The number of nitrogens with two attached hydrogens (primary N) is 2. The van der Waals surface area contributed by atoms with Crippen molar-refractivity contribution in [3.8, 4) is 0 Å². The number of nitrogens with zero attached hydrogens (tertiary/aromatic N) is 1. The quantitative estimate of drug-likeness (QED) is 0.253. The summed E-state index contributed by atoms with van der Waals surface area (Å²) in [7, 11) is -4.67. The van der Waals surface area contributed by atoms with E-state index >= 15 is 0 Å². The second-order valence-electron chi connectivity index (χ2n) is 3.61. The second kappa shape index (κ2) is 8.04. The van der Waals surface area contributed by atoms with Crippen molar-refractivity contribution < 1.29 is 17.5 Å². The molecule has 6 N–H and O–H groups in total. The minimum atomic E-state index is -4.67. The maximum absolute atomic E-state index is 8.74. The highest BCUT2D eigenvalue weighted by molar-refractivity contribution is 7.79. The minimum Gasteiger partial charge on any atom is -0.370 e. The summed E-state index contributed by atoms with van der Waals surface area (Å²) in [6.45, 7) is 0.744. The molecule has 1 aliphatic rings. The molecule has 0 amide bonds. The molecule has 0 aromatic carbocycles. The summed E-state index contributed by atoms with van der Waals surface area (Å²) in [6, 6.07) is 0. The lowest BCUT2D eigenvalue weighted by molar-refractivity contribution is 0.381. The molecule has 100 valence electrons. The van der Waals surface area contributed by atoms with E-state index in [9.17, 15) is 0 Å². The van der Waals surface area contributed by atoms with Crippen molar-refractivity contribution in [3.05, 3.63) is 11.6 Å². The summed E-state index contributed by atoms with van der Waals surface area (Å²) in [6.07, 6.45) is 8.49. The lowest BCUT2D eigenvalue weighted by atomic mass is 9.97. The molecule has 0 saturated heterocycles. The van der Waals surface area contributed by atoms with Gasteiger partial charge in [-0.25, -0.2) is 0 Å².